The number of benzene rings is 1. The lowest BCUT2D eigenvalue weighted by atomic mass is 10.0. The molecule has 1 fully saturated rings. The second-order valence-corrected chi connectivity index (χ2v) is 4.44. The highest BCUT2D eigenvalue weighted by atomic mass is 16.4. The maximum atomic E-state index is 10.8. The van der Waals surface area contributed by atoms with Crippen molar-refractivity contribution in [3.8, 4) is 0 Å². The van der Waals surface area contributed by atoms with E-state index in [-0.39, 0.29) is 12.6 Å². The van der Waals surface area contributed by atoms with Crippen molar-refractivity contribution in [1.29, 1.82) is 0 Å². The number of hydrogen-bond donors (Lipinski definition) is 1. The Labute approximate surface area is 95.7 Å². The summed E-state index contributed by atoms with van der Waals surface area (Å²) in [5.41, 5.74) is 2.48. The molecule has 0 spiro atoms. The molecule has 3 nitrogen and oxygen atoms in total. The summed E-state index contributed by atoms with van der Waals surface area (Å²) in [6, 6.07) is 8.65. The summed E-state index contributed by atoms with van der Waals surface area (Å²) >= 11 is 0. The molecule has 0 unspecified atom stereocenters. The number of rotatable bonds is 3. The summed E-state index contributed by atoms with van der Waals surface area (Å²) in [7, 11) is 0. The average molecular weight is 219 g/mol. The summed E-state index contributed by atoms with van der Waals surface area (Å²) < 4.78 is 0. The molecule has 0 aliphatic carbocycles. The minimum Gasteiger partial charge on any atom is -0.480 e. The van der Waals surface area contributed by atoms with Crippen molar-refractivity contribution >= 4 is 5.97 Å². The largest absolute Gasteiger partial charge is 0.480 e. The predicted molar refractivity (Wildman–Crippen MR) is 62.4 cm³/mol. The second-order valence-electron chi connectivity index (χ2n) is 4.44. The normalized spacial score (nSPS) is 21.2. The number of carboxylic acid groups (broad SMARTS) is 1. The van der Waals surface area contributed by atoms with E-state index in [9.17, 15) is 4.79 Å². The summed E-state index contributed by atoms with van der Waals surface area (Å²) in [4.78, 5) is 12.8. The van der Waals surface area contributed by atoms with Crippen LogP contribution in [0.25, 0.3) is 0 Å². The van der Waals surface area contributed by atoms with Crippen LogP contribution in [0.15, 0.2) is 24.3 Å². The number of nitrogens with zero attached hydrogens (tertiary/aromatic N) is 1. The van der Waals surface area contributed by atoms with Gasteiger partial charge in [0.1, 0.15) is 0 Å². The van der Waals surface area contributed by atoms with Crippen LogP contribution < -0.4 is 0 Å². The standard InChI is InChI=1S/C13H17NO2/c1-10-4-2-5-11(8-10)12-6-3-7-14(12)9-13(15)16/h2,4-5,8,12H,3,6-7,9H2,1H3,(H,15,16)/t12-/m1/s1. The van der Waals surface area contributed by atoms with Crippen LogP contribution in [0.4, 0.5) is 0 Å². The summed E-state index contributed by atoms with van der Waals surface area (Å²) in [5.74, 6) is -0.737. The van der Waals surface area contributed by atoms with Crippen LogP contribution >= 0.6 is 0 Å². The minimum absolute atomic E-state index is 0.151. The maximum Gasteiger partial charge on any atom is 0.317 e. The van der Waals surface area contributed by atoms with Gasteiger partial charge >= 0.3 is 5.97 Å². The van der Waals surface area contributed by atoms with Gasteiger partial charge in [0.15, 0.2) is 0 Å². The van der Waals surface area contributed by atoms with Crippen molar-refractivity contribution in [3.05, 3.63) is 35.4 Å². The van der Waals surface area contributed by atoms with Crippen molar-refractivity contribution in [2.24, 2.45) is 0 Å². The van der Waals surface area contributed by atoms with Crippen molar-refractivity contribution in [2.45, 2.75) is 25.8 Å². The number of carboxylic acids is 1. The van der Waals surface area contributed by atoms with Gasteiger partial charge in [-0.3, -0.25) is 9.69 Å². The smallest absolute Gasteiger partial charge is 0.317 e. The molecule has 2 rings (SSSR count). The van der Waals surface area contributed by atoms with Gasteiger partial charge in [-0.25, -0.2) is 0 Å². The molecule has 1 aliphatic heterocycles. The lowest BCUT2D eigenvalue weighted by Gasteiger charge is -2.23. The second kappa shape index (κ2) is 4.66. The van der Waals surface area contributed by atoms with Crippen LogP contribution in [-0.2, 0) is 4.79 Å². The van der Waals surface area contributed by atoms with Gasteiger partial charge in [0, 0.05) is 6.04 Å². The Bertz CT molecular complexity index is 389. The fraction of sp³-hybridized carbons (Fsp3) is 0.462. The highest BCUT2D eigenvalue weighted by molar-refractivity contribution is 5.69. The average Bonchev–Trinajstić information content (AvgIpc) is 2.65. The Morgan fingerprint density at radius 1 is 1.56 bits per heavy atom. The molecule has 86 valence electrons. The summed E-state index contributed by atoms with van der Waals surface area (Å²) in [6.07, 6.45) is 2.16. The number of hydrogen-bond acceptors (Lipinski definition) is 2. The number of likely N-dealkylation sites (tertiary alicyclic amines) is 1. The van der Waals surface area contributed by atoms with Crippen LogP contribution in [0.1, 0.15) is 30.0 Å². The highest BCUT2D eigenvalue weighted by Gasteiger charge is 2.27. The fourth-order valence-corrected chi connectivity index (χ4v) is 2.44. The third-order valence-electron chi connectivity index (χ3n) is 3.13. The van der Waals surface area contributed by atoms with Gasteiger partial charge < -0.3 is 5.11 Å². The zero-order chi connectivity index (χ0) is 11.5. The van der Waals surface area contributed by atoms with Crippen LogP contribution in [-0.4, -0.2) is 29.1 Å². The lowest BCUT2D eigenvalue weighted by Crippen LogP contribution is -2.29. The van der Waals surface area contributed by atoms with E-state index >= 15 is 0 Å². The van der Waals surface area contributed by atoms with Gasteiger partial charge in [-0.2, -0.15) is 0 Å². The van der Waals surface area contributed by atoms with Gasteiger partial charge in [-0.05, 0) is 31.9 Å². The quantitative estimate of drug-likeness (QED) is 0.847. The van der Waals surface area contributed by atoms with Gasteiger partial charge in [0.25, 0.3) is 0 Å². The van der Waals surface area contributed by atoms with Crippen molar-refractivity contribution in [3.63, 3.8) is 0 Å². The van der Waals surface area contributed by atoms with Crippen LogP contribution in [0.3, 0.4) is 0 Å². The number of aryl methyl sites for hydroxylation is 1. The van der Waals surface area contributed by atoms with Gasteiger partial charge in [0.05, 0.1) is 6.54 Å². The molecule has 1 heterocycles. The molecule has 1 aliphatic rings. The maximum absolute atomic E-state index is 10.8. The zero-order valence-electron chi connectivity index (χ0n) is 9.52. The van der Waals surface area contributed by atoms with E-state index < -0.39 is 5.97 Å². The van der Waals surface area contributed by atoms with E-state index in [1.54, 1.807) is 0 Å². The molecule has 1 saturated heterocycles. The van der Waals surface area contributed by atoms with E-state index in [0.29, 0.717) is 0 Å². The Morgan fingerprint density at radius 3 is 3.06 bits per heavy atom. The van der Waals surface area contributed by atoms with E-state index in [1.165, 1.54) is 11.1 Å². The Hall–Kier alpha value is -1.35. The number of carbonyl (C=O) groups is 1. The van der Waals surface area contributed by atoms with E-state index in [0.717, 1.165) is 19.4 Å². The summed E-state index contributed by atoms with van der Waals surface area (Å²) in [6.45, 7) is 3.11. The Kier molecular flexibility index (Phi) is 3.25. The topological polar surface area (TPSA) is 40.5 Å². The molecule has 16 heavy (non-hydrogen) atoms. The highest BCUT2D eigenvalue weighted by Crippen LogP contribution is 2.31. The third kappa shape index (κ3) is 2.42. The molecule has 0 bridgehead atoms. The predicted octanol–water partition coefficient (Wildman–Crippen LogP) is 2.22. The molecule has 1 N–H and O–H groups in total. The SMILES string of the molecule is Cc1cccc([C@H]2CCCN2CC(=O)O)c1. The molecule has 0 amide bonds. The molecule has 1 aromatic carbocycles. The van der Waals surface area contributed by atoms with Gasteiger partial charge in [-0.1, -0.05) is 29.8 Å². The molecular formula is C13H17NO2. The molecule has 0 radical (unpaired) electrons. The Morgan fingerprint density at radius 2 is 2.38 bits per heavy atom. The Balaban J connectivity index is 2.16. The molecule has 1 aromatic rings. The van der Waals surface area contributed by atoms with E-state index in [1.807, 2.05) is 6.07 Å². The van der Waals surface area contributed by atoms with Crippen LogP contribution in [0.5, 0.6) is 0 Å². The molecule has 3 heteroatoms. The molecule has 0 saturated carbocycles. The lowest BCUT2D eigenvalue weighted by molar-refractivity contribution is -0.138. The first-order valence-electron chi connectivity index (χ1n) is 5.69. The molecule has 0 aromatic heterocycles. The first kappa shape index (κ1) is 11.1. The first-order valence-corrected chi connectivity index (χ1v) is 5.69. The zero-order valence-corrected chi connectivity index (χ0v) is 9.52. The van der Waals surface area contributed by atoms with Crippen molar-refractivity contribution < 1.29 is 9.90 Å². The van der Waals surface area contributed by atoms with E-state index in [2.05, 4.69) is 30.0 Å². The van der Waals surface area contributed by atoms with Crippen molar-refractivity contribution in [1.82, 2.24) is 4.90 Å². The fourth-order valence-electron chi connectivity index (χ4n) is 2.44. The van der Waals surface area contributed by atoms with Crippen molar-refractivity contribution in [2.75, 3.05) is 13.1 Å². The third-order valence-corrected chi connectivity index (χ3v) is 3.13. The van der Waals surface area contributed by atoms with Gasteiger partial charge in [-0.15, -0.1) is 0 Å². The van der Waals surface area contributed by atoms with Gasteiger partial charge in [0.2, 0.25) is 0 Å². The van der Waals surface area contributed by atoms with E-state index in [4.69, 9.17) is 5.11 Å². The molecular weight excluding hydrogens is 202 g/mol. The first-order chi connectivity index (χ1) is 7.66. The minimum atomic E-state index is -0.737. The number of aliphatic carboxylic acids is 1. The monoisotopic (exact) mass is 219 g/mol. The van der Waals surface area contributed by atoms with Crippen LogP contribution in [0.2, 0.25) is 0 Å². The summed E-state index contributed by atoms with van der Waals surface area (Å²) in [5, 5.41) is 8.85. The van der Waals surface area contributed by atoms with Crippen LogP contribution in [0, 0.1) is 6.92 Å². The molecule has 1 atom stereocenters.